The lowest BCUT2D eigenvalue weighted by Crippen LogP contribution is -2.20. The molecule has 9 heteroatoms. The molecule has 0 spiro atoms. The molecular formula is C9H15BrN4O4. The molecule has 0 fully saturated rings. The number of hydrogen-bond acceptors (Lipinski definition) is 6. The van der Waals surface area contributed by atoms with Crippen molar-refractivity contribution in [2.75, 3.05) is 13.2 Å². The van der Waals surface area contributed by atoms with Gasteiger partial charge in [0, 0.05) is 40.7 Å². The maximum absolute atomic E-state index is 10.5. The summed E-state index contributed by atoms with van der Waals surface area (Å²) in [6, 6.07) is 0. The molecule has 0 saturated carbocycles. The van der Waals surface area contributed by atoms with E-state index in [0.717, 1.165) is 0 Å². The van der Waals surface area contributed by atoms with Gasteiger partial charge in [0.05, 0.1) is 6.54 Å². The lowest BCUT2D eigenvalue weighted by atomic mass is 10.4. The monoisotopic (exact) mass is 322 g/mol. The van der Waals surface area contributed by atoms with Gasteiger partial charge >= 0.3 is 5.95 Å². The molecule has 0 radical (unpaired) electrons. The Hall–Kier alpha value is -1.06. The molecule has 1 heterocycles. The normalized spacial score (nSPS) is 11.1. The zero-order valence-electron chi connectivity index (χ0n) is 10.2. The van der Waals surface area contributed by atoms with Crippen LogP contribution >= 0.6 is 15.9 Å². The van der Waals surface area contributed by atoms with Crippen molar-refractivity contribution in [3.63, 3.8) is 0 Å². The summed E-state index contributed by atoms with van der Waals surface area (Å²) in [7, 11) is 0. The van der Waals surface area contributed by atoms with Crippen molar-refractivity contribution >= 4 is 21.9 Å². The molecule has 102 valence electrons. The van der Waals surface area contributed by atoms with Crippen LogP contribution in [0.5, 0.6) is 0 Å². The van der Waals surface area contributed by atoms with E-state index in [4.69, 9.17) is 9.47 Å². The highest BCUT2D eigenvalue weighted by molar-refractivity contribution is 9.10. The second-order valence-electron chi connectivity index (χ2n) is 3.29. The molecule has 0 aliphatic rings. The van der Waals surface area contributed by atoms with E-state index in [2.05, 4.69) is 26.0 Å². The number of ether oxygens (including phenoxy) is 2. The fourth-order valence-electron chi connectivity index (χ4n) is 1.35. The third kappa shape index (κ3) is 4.31. The minimum absolute atomic E-state index is 0.320. The van der Waals surface area contributed by atoms with Crippen LogP contribution in [0, 0.1) is 10.1 Å². The topological polar surface area (TPSA) is 92.3 Å². The summed E-state index contributed by atoms with van der Waals surface area (Å²) < 4.78 is 12.5. The minimum atomic E-state index is -0.635. The first kappa shape index (κ1) is 15.0. The number of hydrogen-bond donors (Lipinski definition) is 0. The third-order valence-corrected chi connectivity index (χ3v) is 2.65. The van der Waals surface area contributed by atoms with Crippen molar-refractivity contribution in [3.8, 4) is 0 Å². The van der Waals surface area contributed by atoms with Gasteiger partial charge in [-0.15, -0.1) is 0 Å². The van der Waals surface area contributed by atoms with E-state index in [-0.39, 0.29) is 6.29 Å². The maximum Gasteiger partial charge on any atom is 0.492 e. The summed E-state index contributed by atoms with van der Waals surface area (Å²) in [6.45, 7) is 5.27. The Morgan fingerprint density at radius 3 is 2.50 bits per heavy atom. The number of halogens is 1. The Morgan fingerprint density at radius 2 is 2.06 bits per heavy atom. The number of nitro groups is 1. The zero-order valence-corrected chi connectivity index (χ0v) is 11.8. The predicted octanol–water partition coefficient (Wildman–Crippen LogP) is 1.74. The largest absolute Gasteiger partial charge is 0.492 e. The van der Waals surface area contributed by atoms with Crippen LogP contribution in [0.25, 0.3) is 0 Å². The van der Waals surface area contributed by atoms with Crippen molar-refractivity contribution in [3.05, 3.63) is 14.8 Å². The fourth-order valence-corrected chi connectivity index (χ4v) is 1.76. The van der Waals surface area contributed by atoms with E-state index in [0.29, 0.717) is 30.9 Å². The molecule has 0 aromatic carbocycles. The second kappa shape index (κ2) is 7.39. The highest BCUT2D eigenvalue weighted by Gasteiger charge is 2.20. The van der Waals surface area contributed by atoms with Crippen LogP contribution in [-0.4, -0.2) is 39.2 Å². The standard InChI is InChI=1S/C9H15BrN4O4/c1-3-17-7(18-4-2)5-6-13-8(10)11-9(12-13)14(15)16/h7H,3-6H2,1-2H3. The Bertz CT molecular complexity index is 392. The maximum atomic E-state index is 10.5. The van der Waals surface area contributed by atoms with Gasteiger partial charge in [-0.3, -0.25) is 0 Å². The van der Waals surface area contributed by atoms with Crippen LogP contribution in [-0.2, 0) is 16.0 Å². The highest BCUT2D eigenvalue weighted by atomic mass is 79.9. The van der Waals surface area contributed by atoms with Crippen LogP contribution in [0.3, 0.4) is 0 Å². The summed E-state index contributed by atoms with van der Waals surface area (Å²) in [6.07, 6.45) is 0.205. The molecule has 0 aliphatic carbocycles. The third-order valence-electron chi connectivity index (χ3n) is 2.06. The molecule has 1 aromatic rings. The summed E-state index contributed by atoms with van der Waals surface area (Å²) in [5, 5.41) is 14.3. The van der Waals surface area contributed by atoms with E-state index in [1.807, 2.05) is 13.8 Å². The molecule has 0 aliphatic heterocycles. The highest BCUT2D eigenvalue weighted by Crippen LogP contribution is 2.13. The SMILES string of the molecule is CCOC(CCn1nc([N+](=O)[O-])nc1Br)OCC. The number of aryl methyl sites for hydroxylation is 1. The van der Waals surface area contributed by atoms with Crippen molar-refractivity contribution < 1.29 is 14.4 Å². The van der Waals surface area contributed by atoms with Gasteiger partial charge in [0.2, 0.25) is 0 Å². The van der Waals surface area contributed by atoms with Crippen molar-refractivity contribution in [1.82, 2.24) is 14.8 Å². The Balaban J connectivity index is 2.58. The van der Waals surface area contributed by atoms with Gasteiger partial charge in [0.25, 0.3) is 4.73 Å². The number of aromatic nitrogens is 3. The summed E-state index contributed by atoms with van der Waals surface area (Å²) >= 11 is 3.12. The Morgan fingerprint density at radius 1 is 1.44 bits per heavy atom. The molecular weight excluding hydrogens is 308 g/mol. The van der Waals surface area contributed by atoms with E-state index >= 15 is 0 Å². The predicted molar refractivity (Wildman–Crippen MR) is 66.0 cm³/mol. The van der Waals surface area contributed by atoms with Gasteiger partial charge in [0.15, 0.2) is 6.29 Å². The van der Waals surface area contributed by atoms with Crippen LogP contribution in [0.15, 0.2) is 4.73 Å². The summed E-state index contributed by atoms with van der Waals surface area (Å²) in [5.41, 5.74) is 0. The molecule has 8 nitrogen and oxygen atoms in total. The van der Waals surface area contributed by atoms with E-state index in [1.54, 1.807) is 0 Å². The lowest BCUT2D eigenvalue weighted by molar-refractivity contribution is -0.394. The molecule has 18 heavy (non-hydrogen) atoms. The molecule has 0 bridgehead atoms. The molecule has 0 unspecified atom stereocenters. The molecule has 0 N–H and O–H groups in total. The van der Waals surface area contributed by atoms with E-state index in [9.17, 15) is 10.1 Å². The van der Waals surface area contributed by atoms with Crippen LogP contribution in [0.1, 0.15) is 20.3 Å². The second-order valence-corrected chi connectivity index (χ2v) is 4.00. The van der Waals surface area contributed by atoms with Gasteiger partial charge in [-0.05, 0) is 23.8 Å². The fraction of sp³-hybridized carbons (Fsp3) is 0.778. The smallest absolute Gasteiger partial charge is 0.390 e. The quantitative estimate of drug-likeness (QED) is 0.411. The molecule has 0 amide bonds. The van der Waals surface area contributed by atoms with Gasteiger partial charge in [0.1, 0.15) is 0 Å². The zero-order chi connectivity index (χ0) is 13.5. The van der Waals surface area contributed by atoms with Gasteiger partial charge in [-0.2, -0.15) is 4.68 Å². The number of rotatable bonds is 8. The van der Waals surface area contributed by atoms with Crippen molar-refractivity contribution in [2.24, 2.45) is 0 Å². The molecule has 0 saturated heterocycles. The molecule has 1 aromatic heterocycles. The Labute approximate surface area is 113 Å². The summed E-state index contributed by atoms with van der Waals surface area (Å²) in [5.74, 6) is -0.425. The van der Waals surface area contributed by atoms with Crippen LogP contribution in [0.2, 0.25) is 0 Å². The van der Waals surface area contributed by atoms with Gasteiger partial charge < -0.3 is 19.6 Å². The van der Waals surface area contributed by atoms with Crippen molar-refractivity contribution in [2.45, 2.75) is 33.1 Å². The first-order chi connectivity index (χ1) is 8.58. The van der Waals surface area contributed by atoms with E-state index in [1.165, 1.54) is 4.68 Å². The lowest BCUT2D eigenvalue weighted by Gasteiger charge is -2.15. The van der Waals surface area contributed by atoms with Crippen LogP contribution in [0.4, 0.5) is 5.95 Å². The van der Waals surface area contributed by atoms with Gasteiger partial charge in [-0.1, -0.05) is 0 Å². The molecule has 0 atom stereocenters. The number of nitrogens with zero attached hydrogens (tertiary/aromatic N) is 4. The first-order valence-electron chi connectivity index (χ1n) is 5.56. The minimum Gasteiger partial charge on any atom is -0.390 e. The van der Waals surface area contributed by atoms with Gasteiger partial charge in [-0.25, -0.2) is 0 Å². The van der Waals surface area contributed by atoms with Crippen molar-refractivity contribution in [1.29, 1.82) is 0 Å². The van der Waals surface area contributed by atoms with Crippen LogP contribution < -0.4 is 0 Å². The Kier molecular flexibility index (Phi) is 6.16. The average molecular weight is 323 g/mol. The average Bonchev–Trinajstić information content (AvgIpc) is 2.68. The van der Waals surface area contributed by atoms with E-state index < -0.39 is 10.9 Å². The molecule has 1 rings (SSSR count). The first-order valence-corrected chi connectivity index (χ1v) is 6.35. The summed E-state index contributed by atoms with van der Waals surface area (Å²) in [4.78, 5) is 13.5.